The van der Waals surface area contributed by atoms with Crippen molar-refractivity contribution in [2.75, 3.05) is 10.6 Å². The third-order valence-electron chi connectivity index (χ3n) is 3.80. The van der Waals surface area contributed by atoms with Gasteiger partial charge in [0.15, 0.2) is 5.76 Å². The van der Waals surface area contributed by atoms with Crippen molar-refractivity contribution >= 4 is 28.9 Å². The second-order valence-corrected chi connectivity index (χ2v) is 6.86. The zero-order valence-corrected chi connectivity index (χ0v) is 15.6. The summed E-state index contributed by atoms with van der Waals surface area (Å²) in [5, 5.41) is 12.6. The van der Waals surface area contributed by atoms with Crippen LogP contribution in [0.3, 0.4) is 0 Å². The Morgan fingerprint density at radius 2 is 2.04 bits per heavy atom. The number of hydrogen-bond donors (Lipinski definition) is 2. The van der Waals surface area contributed by atoms with Crippen LogP contribution in [-0.2, 0) is 0 Å². The van der Waals surface area contributed by atoms with E-state index in [4.69, 9.17) is 4.42 Å². The Morgan fingerprint density at radius 1 is 1.15 bits per heavy atom. The topological polar surface area (TPSA) is 85.0 Å². The fraction of sp³-hybridized carbons (Fsp3) is 0.105. The van der Waals surface area contributed by atoms with Gasteiger partial charge in [0, 0.05) is 17.1 Å². The second-order valence-electron chi connectivity index (χ2n) is 6.02. The number of benzene rings is 1. The van der Waals surface area contributed by atoms with E-state index in [2.05, 4.69) is 20.7 Å². The number of nitrogens with one attached hydrogen (secondary N) is 2. The molecule has 8 heteroatoms. The first-order valence-corrected chi connectivity index (χ1v) is 9.17. The summed E-state index contributed by atoms with van der Waals surface area (Å²) in [4.78, 5) is 16.9. The number of urea groups is 1. The first-order chi connectivity index (χ1) is 13.1. The van der Waals surface area contributed by atoms with Gasteiger partial charge >= 0.3 is 6.03 Å². The summed E-state index contributed by atoms with van der Waals surface area (Å²) in [6.45, 7) is 3.84. The normalized spacial score (nSPS) is 10.7. The van der Waals surface area contributed by atoms with Gasteiger partial charge in [0.2, 0.25) is 5.13 Å². The van der Waals surface area contributed by atoms with Crippen molar-refractivity contribution in [2.24, 2.45) is 0 Å². The quantitative estimate of drug-likeness (QED) is 0.531. The number of rotatable bonds is 4. The summed E-state index contributed by atoms with van der Waals surface area (Å²) in [6.07, 6.45) is 1.61. The monoisotopic (exact) mass is 379 g/mol. The standard InChI is InChI=1S/C19H17N5O2S/c1-12-5-3-6-14(9-12)20-18(25)22-17-10-13(2)23-24(17)19-21-15(11-27-19)16-7-4-8-26-16/h3-11H,1-2H3,(H2,20,22,25). The van der Waals surface area contributed by atoms with Gasteiger partial charge in [-0.2, -0.15) is 9.78 Å². The Morgan fingerprint density at radius 3 is 2.81 bits per heavy atom. The van der Waals surface area contributed by atoms with Crippen LogP contribution in [0.25, 0.3) is 16.6 Å². The van der Waals surface area contributed by atoms with Crippen LogP contribution in [0.4, 0.5) is 16.3 Å². The molecular formula is C19H17N5O2S. The fourth-order valence-corrected chi connectivity index (χ4v) is 3.41. The summed E-state index contributed by atoms with van der Waals surface area (Å²) in [5.74, 6) is 1.23. The minimum Gasteiger partial charge on any atom is -0.463 e. The zero-order valence-electron chi connectivity index (χ0n) is 14.8. The number of aryl methyl sites for hydroxylation is 2. The largest absolute Gasteiger partial charge is 0.463 e. The lowest BCUT2D eigenvalue weighted by atomic mass is 10.2. The summed E-state index contributed by atoms with van der Waals surface area (Å²) in [6, 6.07) is 12.7. The second kappa shape index (κ2) is 7.08. The zero-order chi connectivity index (χ0) is 18.8. The molecule has 2 N–H and O–H groups in total. The third-order valence-corrected chi connectivity index (χ3v) is 4.61. The van der Waals surface area contributed by atoms with Crippen LogP contribution < -0.4 is 10.6 Å². The minimum absolute atomic E-state index is 0.343. The highest BCUT2D eigenvalue weighted by Crippen LogP contribution is 2.26. The number of nitrogens with zero attached hydrogens (tertiary/aromatic N) is 3. The van der Waals surface area contributed by atoms with Gasteiger partial charge in [-0.05, 0) is 43.7 Å². The number of carbonyl (C=O) groups excluding carboxylic acids is 1. The molecule has 0 bridgehead atoms. The Hall–Kier alpha value is -3.39. The maximum absolute atomic E-state index is 12.4. The number of aromatic nitrogens is 3. The summed E-state index contributed by atoms with van der Waals surface area (Å²) < 4.78 is 6.99. The van der Waals surface area contributed by atoms with E-state index in [1.807, 2.05) is 55.6 Å². The molecule has 0 radical (unpaired) electrons. The number of hydrogen-bond acceptors (Lipinski definition) is 5. The maximum atomic E-state index is 12.4. The fourth-order valence-electron chi connectivity index (χ4n) is 2.63. The van der Waals surface area contributed by atoms with Gasteiger partial charge in [-0.25, -0.2) is 9.78 Å². The van der Waals surface area contributed by atoms with Crippen LogP contribution in [0.15, 0.2) is 58.5 Å². The Balaban J connectivity index is 1.55. The van der Waals surface area contributed by atoms with E-state index in [0.29, 0.717) is 16.7 Å². The minimum atomic E-state index is -0.343. The third kappa shape index (κ3) is 3.75. The molecule has 0 aliphatic heterocycles. The highest BCUT2D eigenvalue weighted by Gasteiger charge is 2.15. The molecule has 2 amide bonds. The Kier molecular flexibility index (Phi) is 4.47. The van der Waals surface area contributed by atoms with Crippen molar-refractivity contribution in [3.05, 3.63) is 65.4 Å². The smallest absolute Gasteiger partial charge is 0.324 e. The van der Waals surface area contributed by atoms with E-state index in [1.165, 1.54) is 11.3 Å². The highest BCUT2D eigenvalue weighted by molar-refractivity contribution is 7.12. The SMILES string of the molecule is Cc1cccc(NC(=O)Nc2cc(C)nn2-c2nc(-c3ccco3)cs2)c1. The van der Waals surface area contributed by atoms with Gasteiger partial charge < -0.3 is 9.73 Å². The van der Waals surface area contributed by atoms with Gasteiger partial charge in [0.05, 0.1) is 12.0 Å². The van der Waals surface area contributed by atoms with Gasteiger partial charge in [0.1, 0.15) is 11.5 Å². The average molecular weight is 379 g/mol. The van der Waals surface area contributed by atoms with Crippen molar-refractivity contribution < 1.29 is 9.21 Å². The Bertz CT molecular complexity index is 1080. The van der Waals surface area contributed by atoms with E-state index < -0.39 is 0 Å². The molecule has 0 atom stereocenters. The van der Waals surface area contributed by atoms with E-state index >= 15 is 0 Å². The van der Waals surface area contributed by atoms with E-state index in [0.717, 1.165) is 22.6 Å². The van der Waals surface area contributed by atoms with Crippen LogP contribution in [0.2, 0.25) is 0 Å². The number of furan rings is 1. The lowest BCUT2D eigenvalue weighted by Crippen LogP contribution is -2.21. The molecule has 27 heavy (non-hydrogen) atoms. The molecule has 0 fully saturated rings. The van der Waals surface area contributed by atoms with Crippen molar-refractivity contribution in [1.82, 2.24) is 14.8 Å². The maximum Gasteiger partial charge on any atom is 0.324 e. The van der Waals surface area contributed by atoms with Gasteiger partial charge in [-0.3, -0.25) is 5.32 Å². The van der Waals surface area contributed by atoms with E-state index in [1.54, 1.807) is 17.0 Å². The molecule has 4 rings (SSSR count). The molecule has 3 heterocycles. The molecule has 0 saturated carbocycles. The molecule has 0 spiro atoms. The number of anilines is 2. The van der Waals surface area contributed by atoms with Crippen molar-refractivity contribution in [3.63, 3.8) is 0 Å². The molecule has 0 unspecified atom stereocenters. The average Bonchev–Trinajstić information content (AvgIpc) is 3.34. The molecule has 0 aliphatic carbocycles. The molecule has 1 aromatic carbocycles. The van der Waals surface area contributed by atoms with Crippen molar-refractivity contribution in [1.29, 1.82) is 0 Å². The lowest BCUT2D eigenvalue weighted by Gasteiger charge is -2.08. The molecule has 136 valence electrons. The summed E-state index contributed by atoms with van der Waals surface area (Å²) in [7, 11) is 0. The first kappa shape index (κ1) is 17.0. The van der Waals surface area contributed by atoms with Crippen LogP contribution in [0.5, 0.6) is 0 Å². The first-order valence-electron chi connectivity index (χ1n) is 8.29. The van der Waals surface area contributed by atoms with Crippen LogP contribution >= 0.6 is 11.3 Å². The van der Waals surface area contributed by atoms with E-state index in [-0.39, 0.29) is 6.03 Å². The number of thiazole rings is 1. The number of carbonyl (C=O) groups is 1. The molecule has 0 saturated heterocycles. The molecular weight excluding hydrogens is 362 g/mol. The summed E-state index contributed by atoms with van der Waals surface area (Å²) >= 11 is 1.42. The van der Waals surface area contributed by atoms with Crippen LogP contribution in [-0.4, -0.2) is 20.8 Å². The molecule has 0 aliphatic rings. The predicted octanol–water partition coefficient (Wildman–Crippen LogP) is 4.85. The van der Waals surface area contributed by atoms with Crippen molar-refractivity contribution in [2.45, 2.75) is 13.8 Å². The molecule has 3 aromatic heterocycles. The molecule has 4 aromatic rings. The van der Waals surface area contributed by atoms with Gasteiger partial charge in [-0.15, -0.1) is 11.3 Å². The van der Waals surface area contributed by atoms with E-state index in [9.17, 15) is 4.79 Å². The van der Waals surface area contributed by atoms with Gasteiger partial charge in [-0.1, -0.05) is 12.1 Å². The lowest BCUT2D eigenvalue weighted by molar-refractivity contribution is 0.262. The van der Waals surface area contributed by atoms with Crippen LogP contribution in [0, 0.1) is 13.8 Å². The number of amides is 2. The predicted molar refractivity (Wildman–Crippen MR) is 105 cm³/mol. The van der Waals surface area contributed by atoms with Crippen molar-refractivity contribution in [3.8, 4) is 16.6 Å². The Labute approximate surface area is 159 Å². The molecule has 7 nitrogen and oxygen atoms in total. The van der Waals surface area contributed by atoms with Gasteiger partial charge in [0.25, 0.3) is 0 Å². The summed E-state index contributed by atoms with van der Waals surface area (Å²) in [5.41, 5.74) is 3.30. The highest BCUT2D eigenvalue weighted by atomic mass is 32.1. The van der Waals surface area contributed by atoms with Crippen LogP contribution in [0.1, 0.15) is 11.3 Å².